The number of hydrogen-bond donors (Lipinski definition) is 2. The molecule has 3 fully saturated rings. The van der Waals surface area contributed by atoms with E-state index in [4.69, 9.17) is 5.73 Å². The van der Waals surface area contributed by atoms with Crippen LogP contribution in [0.1, 0.15) is 97.0 Å². The van der Waals surface area contributed by atoms with Gasteiger partial charge in [0.05, 0.1) is 0 Å². The van der Waals surface area contributed by atoms with E-state index in [1.165, 1.54) is 37.7 Å². The molecule has 3 aliphatic rings. The van der Waals surface area contributed by atoms with Crippen LogP contribution >= 0.6 is 0 Å². The van der Waals surface area contributed by atoms with Crippen LogP contribution in [-0.4, -0.2) is 18.5 Å². The molecule has 1 aromatic carbocycles. The SMILES string of the molecule is CCC[C@@]1(C)CC2CC(C)(C(=O)NC3CCC(CN)CC3)CC(c3ccccc3)(C2)C1. The smallest absolute Gasteiger partial charge is 0.226 e. The maximum absolute atomic E-state index is 13.7. The van der Waals surface area contributed by atoms with Gasteiger partial charge in [-0.25, -0.2) is 0 Å². The standard InChI is InChI=1S/C28H44N2O/c1-4-14-26(2)15-22-16-27(3,25(31)30-24-12-10-21(18-29)11-13-24)20-28(17-22,19-26)23-8-6-5-7-9-23/h5-9,21-22,24H,4,10-20,29H2,1-3H3,(H,30,31)/t21?,22?,24?,26-,27?,28?/m0/s1. The Balaban J connectivity index is 1.56. The number of carbonyl (C=O) groups excluding carboxylic acids is 1. The molecule has 0 aliphatic heterocycles. The van der Waals surface area contributed by atoms with E-state index in [2.05, 4.69) is 56.4 Å². The number of nitrogens with one attached hydrogen (secondary N) is 1. The number of benzene rings is 1. The Morgan fingerprint density at radius 1 is 1.03 bits per heavy atom. The quantitative estimate of drug-likeness (QED) is 0.591. The maximum atomic E-state index is 13.7. The first-order valence-corrected chi connectivity index (χ1v) is 12.9. The number of amides is 1. The van der Waals surface area contributed by atoms with Crippen LogP contribution in [0.15, 0.2) is 30.3 Å². The van der Waals surface area contributed by atoms with Crippen LogP contribution in [0, 0.1) is 22.7 Å². The van der Waals surface area contributed by atoms with E-state index in [9.17, 15) is 4.79 Å². The van der Waals surface area contributed by atoms with Crippen molar-refractivity contribution in [1.29, 1.82) is 0 Å². The Morgan fingerprint density at radius 3 is 2.39 bits per heavy atom. The molecule has 0 spiro atoms. The molecule has 31 heavy (non-hydrogen) atoms. The molecule has 3 N–H and O–H groups in total. The lowest BCUT2D eigenvalue weighted by Crippen LogP contribution is -2.55. The predicted octanol–water partition coefficient (Wildman–Crippen LogP) is 5.96. The minimum absolute atomic E-state index is 0.135. The van der Waals surface area contributed by atoms with E-state index < -0.39 is 0 Å². The van der Waals surface area contributed by atoms with Crippen LogP contribution in [0.2, 0.25) is 0 Å². The fourth-order valence-electron chi connectivity index (χ4n) is 8.00. The number of nitrogens with two attached hydrogens (primary N) is 1. The molecule has 172 valence electrons. The fraction of sp³-hybridized carbons (Fsp3) is 0.750. The molecule has 1 amide bonds. The number of fused-ring (bicyclic) bond motifs is 2. The molecular weight excluding hydrogens is 380 g/mol. The van der Waals surface area contributed by atoms with Gasteiger partial charge in [0.15, 0.2) is 0 Å². The van der Waals surface area contributed by atoms with Crippen molar-refractivity contribution in [2.75, 3.05) is 6.54 Å². The normalized spacial score (nSPS) is 40.3. The van der Waals surface area contributed by atoms with Gasteiger partial charge >= 0.3 is 0 Å². The molecular formula is C28H44N2O. The topological polar surface area (TPSA) is 55.1 Å². The zero-order valence-electron chi connectivity index (χ0n) is 20.1. The first-order valence-electron chi connectivity index (χ1n) is 12.9. The van der Waals surface area contributed by atoms with Crippen molar-refractivity contribution < 1.29 is 4.79 Å². The zero-order chi connectivity index (χ0) is 22.1. The van der Waals surface area contributed by atoms with Crippen LogP contribution in [0.5, 0.6) is 0 Å². The third-order valence-electron chi connectivity index (χ3n) is 9.00. The van der Waals surface area contributed by atoms with Gasteiger partial charge in [0.1, 0.15) is 0 Å². The molecule has 0 saturated heterocycles. The van der Waals surface area contributed by atoms with E-state index in [0.29, 0.717) is 29.2 Å². The van der Waals surface area contributed by atoms with Crippen molar-refractivity contribution in [3.8, 4) is 0 Å². The highest BCUT2D eigenvalue weighted by Crippen LogP contribution is 2.62. The summed E-state index contributed by atoms with van der Waals surface area (Å²) < 4.78 is 0. The third-order valence-corrected chi connectivity index (χ3v) is 9.00. The second-order valence-electron chi connectivity index (χ2n) is 12.0. The lowest BCUT2D eigenvalue weighted by Gasteiger charge is -2.58. The highest BCUT2D eigenvalue weighted by atomic mass is 16.2. The van der Waals surface area contributed by atoms with Crippen molar-refractivity contribution in [2.24, 2.45) is 28.4 Å². The van der Waals surface area contributed by atoms with Gasteiger partial charge in [-0.1, -0.05) is 57.5 Å². The summed E-state index contributed by atoms with van der Waals surface area (Å²) in [7, 11) is 0. The summed E-state index contributed by atoms with van der Waals surface area (Å²) in [6, 6.07) is 11.5. The Kier molecular flexibility index (Phi) is 6.54. The molecule has 1 aromatic rings. The number of carbonyl (C=O) groups is 1. The van der Waals surface area contributed by atoms with Gasteiger partial charge in [0.2, 0.25) is 5.91 Å². The highest BCUT2D eigenvalue weighted by molar-refractivity contribution is 5.83. The van der Waals surface area contributed by atoms with Crippen molar-refractivity contribution in [1.82, 2.24) is 5.32 Å². The fourth-order valence-corrected chi connectivity index (χ4v) is 8.00. The van der Waals surface area contributed by atoms with Gasteiger partial charge in [-0.15, -0.1) is 0 Å². The maximum Gasteiger partial charge on any atom is 0.226 e. The summed E-state index contributed by atoms with van der Waals surface area (Å²) >= 11 is 0. The zero-order valence-corrected chi connectivity index (χ0v) is 20.1. The largest absolute Gasteiger partial charge is 0.353 e. The van der Waals surface area contributed by atoms with E-state index in [0.717, 1.165) is 45.1 Å². The highest BCUT2D eigenvalue weighted by Gasteiger charge is 2.56. The van der Waals surface area contributed by atoms with Gasteiger partial charge in [0.25, 0.3) is 0 Å². The van der Waals surface area contributed by atoms with E-state index in [1.54, 1.807) is 0 Å². The van der Waals surface area contributed by atoms with Crippen LogP contribution in [0.4, 0.5) is 0 Å². The van der Waals surface area contributed by atoms with E-state index in [1.807, 2.05) is 0 Å². The molecule has 0 heterocycles. The first-order chi connectivity index (χ1) is 14.8. The number of rotatable bonds is 6. The predicted molar refractivity (Wildman–Crippen MR) is 129 cm³/mol. The molecule has 3 nitrogen and oxygen atoms in total. The van der Waals surface area contributed by atoms with Crippen LogP contribution < -0.4 is 11.1 Å². The van der Waals surface area contributed by atoms with E-state index >= 15 is 0 Å². The Morgan fingerprint density at radius 2 is 1.74 bits per heavy atom. The van der Waals surface area contributed by atoms with Gasteiger partial charge in [-0.3, -0.25) is 4.79 Å². The Bertz CT molecular complexity index is 756. The third kappa shape index (κ3) is 4.72. The molecule has 3 heteroatoms. The average molecular weight is 425 g/mol. The molecule has 3 aliphatic carbocycles. The van der Waals surface area contributed by atoms with E-state index in [-0.39, 0.29) is 10.8 Å². The summed E-state index contributed by atoms with van der Waals surface area (Å²) in [4.78, 5) is 13.7. The molecule has 4 atom stereocenters. The molecule has 0 radical (unpaired) electrons. The molecule has 4 rings (SSSR count). The van der Waals surface area contributed by atoms with Crippen molar-refractivity contribution in [3.63, 3.8) is 0 Å². The molecule has 3 unspecified atom stereocenters. The summed E-state index contributed by atoms with van der Waals surface area (Å²) in [6.07, 6.45) is 12.8. The van der Waals surface area contributed by atoms with Crippen LogP contribution in [0.25, 0.3) is 0 Å². The van der Waals surface area contributed by atoms with Crippen molar-refractivity contribution >= 4 is 5.91 Å². The van der Waals surface area contributed by atoms with Crippen LogP contribution in [-0.2, 0) is 10.2 Å². The molecule has 2 bridgehead atoms. The van der Waals surface area contributed by atoms with Gasteiger partial charge in [-0.05, 0) is 99.0 Å². The summed E-state index contributed by atoms with van der Waals surface area (Å²) in [5.74, 6) is 1.60. The monoisotopic (exact) mass is 424 g/mol. The van der Waals surface area contributed by atoms with Gasteiger partial charge in [0, 0.05) is 11.5 Å². The molecule has 3 saturated carbocycles. The Hall–Kier alpha value is -1.35. The second-order valence-corrected chi connectivity index (χ2v) is 12.0. The molecule has 0 aromatic heterocycles. The average Bonchev–Trinajstić information content (AvgIpc) is 2.74. The second kappa shape index (κ2) is 8.89. The summed E-state index contributed by atoms with van der Waals surface area (Å²) in [5, 5.41) is 3.50. The summed E-state index contributed by atoms with van der Waals surface area (Å²) in [5.41, 5.74) is 7.59. The van der Waals surface area contributed by atoms with Crippen molar-refractivity contribution in [3.05, 3.63) is 35.9 Å². The van der Waals surface area contributed by atoms with Crippen molar-refractivity contribution in [2.45, 2.75) is 103 Å². The van der Waals surface area contributed by atoms with Crippen LogP contribution in [0.3, 0.4) is 0 Å². The first kappa shape index (κ1) is 22.8. The minimum Gasteiger partial charge on any atom is -0.353 e. The Labute approximate surface area is 189 Å². The van der Waals surface area contributed by atoms with Gasteiger partial charge < -0.3 is 11.1 Å². The summed E-state index contributed by atoms with van der Waals surface area (Å²) in [6.45, 7) is 7.89. The lowest BCUT2D eigenvalue weighted by molar-refractivity contribution is -0.139. The minimum atomic E-state index is -0.267. The van der Waals surface area contributed by atoms with Gasteiger partial charge in [-0.2, -0.15) is 0 Å². The number of hydrogen-bond acceptors (Lipinski definition) is 2. The lowest BCUT2D eigenvalue weighted by atomic mass is 9.46.